The second-order valence-corrected chi connectivity index (χ2v) is 6.05. The van der Waals surface area contributed by atoms with Crippen LogP contribution in [-0.2, 0) is 0 Å². The van der Waals surface area contributed by atoms with E-state index in [4.69, 9.17) is 5.73 Å². The van der Waals surface area contributed by atoms with E-state index in [1.165, 1.54) is 5.56 Å². The van der Waals surface area contributed by atoms with Crippen LogP contribution in [0.3, 0.4) is 0 Å². The summed E-state index contributed by atoms with van der Waals surface area (Å²) in [5, 5.41) is 0. The third kappa shape index (κ3) is 1.78. The lowest BCUT2D eigenvalue weighted by molar-refractivity contribution is 0.393. The highest BCUT2D eigenvalue weighted by Crippen LogP contribution is 2.59. The number of rotatable bonds is 3. The Balaban J connectivity index is 2.27. The fraction of sp³-hybridized carbons (Fsp3) is 0.600. The molecule has 2 rings (SSSR count). The summed E-state index contributed by atoms with van der Waals surface area (Å²) in [5.41, 5.74) is 7.98. The van der Waals surface area contributed by atoms with Crippen molar-refractivity contribution in [3.8, 4) is 0 Å². The third-order valence-corrected chi connectivity index (χ3v) is 4.29. The predicted molar refractivity (Wildman–Crippen MR) is 69.3 cm³/mol. The Morgan fingerprint density at radius 1 is 1.12 bits per heavy atom. The van der Waals surface area contributed by atoms with Crippen molar-refractivity contribution in [2.75, 3.05) is 0 Å². The van der Waals surface area contributed by atoms with Gasteiger partial charge in [-0.3, -0.25) is 0 Å². The molecule has 1 saturated carbocycles. The van der Waals surface area contributed by atoms with Gasteiger partial charge in [0.2, 0.25) is 0 Å². The zero-order valence-corrected chi connectivity index (χ0v) is 10.8. The Hall–Kier alpha value is -0.820. The molecule has 0 spiro atoms. The molecule has 1 nitrogen and oxygen atoms in total. The maximum Gasteiger partial charge on any atom is 0.0134 e. The Kier molecular flexibility index (Phi) is 2.83. The summed E-state index contributed by atoms with van der Waals surface area (Å²) in [4.78, 5) is 0. The fourth-order valence-electron chi connectivity index (χ4n) is 3.09. The summed E-state index contributed by atoms with van der Waals surface area (Å²) >= 11 is 0. The molecule has 2 N–H and O–H groups in total. The lowest BCUT2D eigenvalue weighted by Crippen LogP contribution is -2.14. The van der Waals surface area contributed by atoms with Gasteiger partial charge < -0.3 is 5.73 Å². The van der Waals surface area contributed by atoms with Crippen LogP contribution in [0.15, 0.2) is 30.3 Å². The molecule has 16 heavy (non-hydrogen) atoms. The number of hydrogen-bond acceptors (Lipinski definition) is 1. The first-order chi connectivity index (χ1) is 7.46. The highest BCUT2D eigenvalue weighted by Gasteiger charge is 2.59. The van der Waals surface area contributed by atoms with Crippen molar-refractivity contribution >= 4 is 0 Å². The van der Waals surface area contributed by atoms with Crippen LogP contribution in [0.5, 0.6) is 0 Å². The molecule has 0 bridgehead atoms. The van der Waals surface area contributed by atoms with Gasteiger partial charge >= 0.3 is 0 Å². The quantitative estimate of drug-likeness (QED) is 0.825. The van der Waals surface area contributed by atoms with Gasteiger partial charge in [-0.05, 0) is 28.7 Å². The van der Waals surface area contributed by atoms with Crippen LogP contribution < -0.4 is 5.73 Å². The Morgan fingerprint density at radius 3 is 2.00 bits per heavy atom. The molecule has 0 aromatic heterocycles. The van der Waals surface area contributed by atoms with Crippen molar-refractivity contribution in [2.24, 2.45) is 23.0 Å². The van der Waals surface area contributed by atoms with Crippen LogP contribution in [0, 0.1) is 17.3 Å². The van der Waals surface area contributed by atoms with E-state index in [-0.39, 0.29) is 0 Å². The molecule has 3 atom stereocenters. The third-order valence-electron chi connectivity index (χ3n) is 4.29. The zero-order valence-electron chi connectivity index (χ0n) is 10.8. The minimum absolute atomic E-state index is 0.310. The van der Waals surface area contributed by atoms with Crippen molar-refractivity contribution in [2.45, 2.75) is 39.7 Å². The molecular formula is C15H23N. The van der Waals surface area contributed by atoms with Gasteiger partial charge in [0.1, 0.15) is 0 Å². The minimum atomic E-state index is 0.310. The minimum Gasteiger partial charge on any atom is -0.327 e. The van der Waals surface area contributed by atoms with E-state index >= 15 is 0 Å². The van der Waals surface area contributed by atoms with E-state index in [2.05, 4.69) is 58.0 Å². The highest BCUT2D eigenvalue weighted by atomic mass is 14.8. The largest absolute Gasteiger partial charge is 0.327 e. The summed E-state index contributed by atoms with van der Waals surface area (Å²) in [6.45, 7) is 9.19. The average Bonchev–Trinajstić information content (AvgIpc) is 2.70. The maximum atomic E-state index is 6.22. The van der Waals surface area contributed by atoms with Gasteiger partial charge in [0, 0.05) is 6.04 Å². The van der Waals surface area contributed by atoms with Crippen LogP contribution in [0.25, 0.3) is 0 Å². The van der Waals surface area contributed by atoms with E-state index in [1.807, 2.05) is 0 Å². The van der Waals surface area contributed by atoms with E-state index < -0.39 is 0 Å². The molecule has 0 amide bonds. The number of benzene rings is 1. The van der Waals surface area contributed by atoms with E-state index in [9.17, 15) is 0 Å². The van der Waals surface area contributed by atoms with Crippen LogP contribution in [0.2, 0.25) is 0 Å². The van der Waals surface area contributed by atoms with Crippen LogP contribution in [0.4, 0.5) is 0 Å². The normalized spacial score (nSPS) is 29.1. The summed E-state index contributed by atoms with van der Waals surface area (Å²) in [5.74, 6) is 1.89. The molecule has 1 aromatic rings. The smallest absolute Gasteiger partial charge is 0.0134 e. The summed E-state index contributed by atoms with van der Waals surface area (Å²) in [6, 6.07) is 11.2. The van der Waals surface area contributed by atoms with Gasteiger partial charge in [-0.15, -0.1) is 0 Å². The SMILES string of the molecule is CC(C)C(c1ccccc1)[C@@H]1[C@@H](N)C1(C)C. The Bertz CT molecular complexity index is 353. The van der Waals surface area contributed by atoms with Gasteiger partial charge in [0.05, 0.1) is 0 Å². The Morgan fingerprint density at radius 2 is 1.62 bits per heavy atom. The molecule has 88 valence electrons. The molecule has 0 heterocycles. The molecule has 0 aliphatic heterocycles. The first kappa shape index (κ1) is 11.7. The maximum absolute atomic E-state index is 6.22. The lowest BCUT2D eigenvalue weighted by Gasteiger charge is -2.23. The average molecular weight is 217 g/mol. The number of nitrogens with two attached hydrogens (primary N) is 1. The van der Waals surface area contributed by atoms with Crippen molar-refractivity contribution < 1.29 is 0 Å². The molecule has 0 saturated heterocycles. The molecule has 1 fully saturated rings. The van der Waals surface area contributed by atoms with Crippen molar-refractivity contribution in [1.29, 1.82) is 0 Å². The summed E-state index contributed by atoms with van der Waals surface area (Å²) in [6.07, 6.45) is 0. The van der Waals surface area contributed by atoms with E-state index in [1.54, 1.807) is 0 Å². The zero-order chi connectivity index (χ0) is 11.9. The van der Waals surface area contributed by atoms with Crippen molar-refractivity contribution in [3.05, 3.63) is 35.9 Å². The molecule has 1 aliphatic rings. The van der Waals surface area contributed by atoms with E-state index in [0.29, 0.717) is 29.2 Å². The Labute approximate surface area is 99.0 Å². The van der Waals surface area contributed by atoms with Crippen molar-refractivity contribution in [1.82, 2.24) is 0 Å². The lowest BCUT2D eigenvalue weighted by atomic mass is 9.82. The number of hydrogen-bond donors (Lipinski definition) is 1. The summed E-state index contributed by atoms with van der Waals surface area (Å²) < 4.78 is 0. The molecule has 1 aromatic carbocycles. The van der Waals surface area contributed by atoms with Gasteiger partial charge in [-0.1, -0.05) is 58.0 Å². The van der Waals surface area contributed by atoms with Gasteiger partial charge in [-0.25, -0.2) is 0 Å². The second-order valence-electron chi connectivity index (χ2n) is 6.05. The van der Waals surface area contributed by atoms with Crippen LogP contribution >= 0.6 is 0 Å². The predicted octanol–water partition coefficient (Wildman–Crippen LogP) is 3.41. The highest BCUT2D eigenvalue weighted by molar-refractivity contribution is 5.27. The molecule has 1 aliphatic carbocycles. The first-order valence-corrected chi connectivity index (χ1v) is 6.26. The van der Waals surface area contributed by atoms with Gasteiger partial charge in [0.25, 0.3) is 0 Å². The van der Waals surface area contributed by atoms with E-state index in [0.717, 1.165) is 0 Å². The van der Waals surface area contributed by atoms with Gasteiger partial charge in [0.15, 0.2) is 0 Å². The van der Waals surface area contributed by atoms with Gasteiger partial charge in [-0.2, -0.15) is 0 Å². The molecule has 1 heteroatoms. The molecular weight excluding hydrogens is 194 g/mol. The second kappa shape index (κ2) is 3.89. The fourth-order valence-corrected chi connectivity index (χ4v) is 3.09. The summed E-state index contributed by atoms with van der Waals surface area (Å²) in [7, 11) is 0. The first-order valence-electron chi connectivity index (χ1n) is 6.26. The topological polar surface area (TPSA) is 26.0 Å². The van der Waals surface area contributed by atoms with Crippen LogP contribution in [0.1, 0.15) is 39.2 Å². The molecule has 1 unspecified atom stereocenters. The monoisotopic (exact) mass is 217 g/mol. The van der Waals surface area contributed by atoms with Crippen LogP contribution in [-0.4, -0.2) is 6.04 Å². The van der Waals surface area contributed by atoms with Crippen molar-refractivity contribution in [3.63, 3.8) is 0 Å². The molecule has 0 radical (unpaired) electrons. The standard InChI is InChI=1S/C15H23N/c1-10(2)12(11-8-6-5-7-9-11)13-14(16)15(13,3)4/h5-10,12-14H,16H2,1-4H3/t12?,13-,14-/m1/s1.